The molecule has 0 radical (unpaired) electrons. The van der Waals surface area contributed by atoms with E-state index in [0.29, 0.717) is 10.6 Å². The Labute approximate surface area is 118 Å². The van der Waals surface area contributed by atoms with E-state index in [0.717, 1.165) is 50.5 Å². The summed E-state index contributed by atoms with van der Waals surface area (Å²) in [6.45, 7) is 2.79. The van der Waals surface area contributed by atoms with Gasteiger partial charge in [-0.15, -0.1) is 0 Å². The Kier molecular flexibility index (Phi) is 4.66. The number of rotatable bonds is 4. The van der Waals surface area contributed by atoms with E-state index in [9.17, 15) is 4.79 Å². The molecule has 1 aromatic carbocycles. The number of carbonyl (C=O) groups is 1. The van der Waals surface area contributed by atoms with Gasteiger partial charge in [0.25, 0.3) is 0 Å². The Bertz CT molecular complexity index is 456. The first-order valence-electron chi connectivity index (χ1n) is 6.66. The van der Waals surface area contributed by atoms with Crippen molar-refractivity contribution in [2.75, 3.05) is 24.5 Å². The van der Waals surface area contributed by atoms with E-state index in [4.69, 9.17) is 23.1 Å². The molecule has 0 bridgehead atoms. The highest BCUT2D eigenvalue weighted by atomic mass is 35.5. The minimum atomic E-state index is -0.488. The van der Waals surface area contributed by atoms with Gasteiger partial charge in [-0.1, -0.05) is 11.6 Å². The van der Waals surface area contributed by atoms with Crippen molar-refractivity contribution in [1.82, 2.24) is 0 Å². The molecule has 1 heterocycles. The van der Waals surface area contributed by atoms with Gasteiger partial charge in [-0.05, 0) is 49.9 Å². The van der Waals surface area contributed by atoms with Crippen LogP contribution in [0.5, 0.6) is 0 Å². The molecule has 4 N–H and O–H groups in total. The van der Waals surface area contributed by atoms with Gasteiger partial charge in [0.05, 0.1) is 10.6 Å². The minimum Gasteiger partial charge on any atom is -0.371 e. The topological polar surface area (TPSA) is 72.3 Å². The van der Waals surface area contributed by atoms with E-state index in [2.05, 4.69) is 4.90 Å². The molecule has 1 fully saturated rings. The van der Waals surface area contributed by atoms with Gasteiger partial charge in [0.2, 0.25) is 5.91 Å². The number of benzene rings is 1. The zero-order chi connectivity index (χ0) is 13.8. The van der Waals surface area contributed by atoms with Crippen LogP contribution in [0.1, 0.15) is 29.6 Å². The molecule has 0 aliphatic carbocycles. The van der Waals surface area contributed by atoms with E-state index < -0.39 is 5.91 Å². The first-order valence-corrected chi connectivity index (χ1v) is 7.04. The summed E-state index contributed by atoms with van der Waals surface area (Å²) in [7, 11) is 0. The van der Waals surface area contributed by atoms with Gasteiger partial charge in [0, 0.05) is 18.8 Å². The van der Waals surface area contributed by atoms with Crippen LogP contribution in [0.25, 0.3) is 0 Å². The van der Waals surface area contributed by atoms with Crippen molar-refractivity contribution in [3.8, 4) is 0 Å². The largest absolute Gasteiger partial charge is 0.371 e. The van der Waals surface area contributed by atoms with Crippen molar-refractivity contribution in [2.24, 2.45) is 17.4 Å². The normalized spacial score (nSPS) is 16.6. The van der Waals surface area contributed by atoms with Crippen molar-refractivity contribution in [1.29, 1.82) is 0 Å². The first kappa shape index (κ1) is 14.2. The molecule has 19 heavy (non-hydrogen) atoms. The summed E-state index contributed by atoms with van der Waals surface area (Å²) in [5.74, 6) is 0.250. The Morgan fingerprint density at radius 1 is 1.37 bits per heavy atom. The standard InChI is InChI=1S/C14H20ClN3O/c15-13-9-11(1-2-12(13)14(17)19)18-7-4-10(3-6-16)5-8-18/h1-2,9-10H,3-8,16H2,(H2,17,19). The van der Waals surface area contributed by atoms with Gasteiger partial charge in [-0.2, -0.15) is 0 Å². The number of primary amides is 1. The molecule has 0 saturated carbocycles. The average molecular weight is 282 g/mol. The average Bonchev–Trinajstić information content (AvgIpc) is 2.39. The van der Waals surface area contributed by atoms with Crippen LogP contribution >= 0.6 is 11.6 Å². The monoisotopic (exact) mass is 281 g/mol. The fourth-order valence-corrected chi connectivity index (χ4v) is 2.88. The molecule has 5 heteroatoms. The Morgan fingerprint density at radius 3 is 2.58 bits per heavy atom. The number of halogens is 1. The van der Waals surface area contributed by atoms with Gasteiger partial charge < -0.3 is 16.4 Å². The smallest absolute Gasteiger partial charge is 0.250 e. The van der Waals surface area contributed by atoms with Crippen LogP contribution in [0.4, 0.5) is 5.69 Å². The Hall–Kier alpha value is -1.26. The number of amides is 1. The lowest BCUT2D eigenvalue weighted by atomic mass is 9.93. The molecular formula is C14H20ClN3O. The molecule has 1 aromatic rings. The van der Waals surface area contributed by atoms with Crippen molar-refractivity contribution < 1.29 is 4.79 Å². The predicted molar refractivity (Wildman–Crippen MR) is 78.6 cm³/mol. The molecule has 104 valence electrons. The van der Waals surface area contributed by atoms with Crippen LogP contribution in [0.15, 0.2) is 18.2 Å². The van der Waals surface area contributed by atoms with E-state index in [1.54, 1.807) is 6.07 Å². The van der Waals surface area contributed by atoms with E-state index in [1.165, 1.54) is 0 Å². The van der Waals surface area contributed by atoms with Crippen LogP contribution in [0, 0.1) is 5.92 Å². The molecular weight excluding hydrogens is 262 g/mol. The predicted octanol–water partition coefficient (Wildman–Crippen LogP) is 2.00. The van der Waals surface area contributed by atoms with Crippen molar-refractivity contribution in [3.63, 3.8) is 0 Å². The summed E-state index contributed by atoms with van der Waals surface area (Å²) in [5, 5.41) is 0.425. The third kappa shape index (κ3) is 3.39. The van der Waals surface area contributed by atoms with Gasteiger partial charge in [0.15, 0.2) is 0 Å². The van der Waals surface area contributed by atoms with Crippen molar-refractivity contribution >= 4 is 23.2 Å². The van der Waals surface area contributed by atoms with Gasteiger partial charge >= 0.3 is 0 Å². The summed E-state index contributed by atoms with van der Waals surface area (Å²) in [6.07, 6.45) is 3.42. The zero-order valence-electron chi connectivity index (χ0n) is 10.9. The summed E-state index contributed by atoms with van der Waals surface area (Å²) < 4.78 is 0. The number of hydrogen-bond donors (Lipinski definition) is 2. The molecule has 0 spiro atoms. The SMILES string of the molecule is NCCC1CCN(c2ccc(C(N)=O)c(Cl)c2)CC1. The van der Waals surface area contributed by atoms with E-state index >= 15 is 0 Å². The zero-order valence-corrected chi connectivity index (χ0v) is 11.7. The highest BCUT2D eigenvalue weighted by Crippen LogP contribution is 2.28. The third-order valence-corrected chi connectivity index (χ3v) is 4.09. The second-order valence-corrected chi connectivity index (χ2v) is 5.44. The van der Waals surface area contributed by atoms with Gasteiger partial charge in [0.1, 0.15) is 0 Å². The molecule has 0 aromatic heterocycles. The molecule has 2 rings (SSSR count). The van der Waals surface area contributed by atoms with Crippen LogP contribution in [0.3, 0.4) is 0 Å². The number of carbonyl (C=O) groups excluding carboxylic acids is 1. The number of anilines is 1. The second-order valence-electron chi connectivity index (χ2n) is 5.04. The Morgan fingerprint density at radius 2 is 2.05 bits per heavy atom. The first-order chi connectivity index (χ1) is 9.11. The van der Waals surface area contributed by atoms with Crippen LogP contribution < -0.4 is 16.4 Å². The lowest BCUT2D eigenvalue weighted by Crippen LogP contribution is -2.34. The fraction of sp³-hybridized carbons (Fsp3) is 0.500. The number of nitrogens with two attached hydrogens (primary N) is 2. The third-order valence-electron chi connectivity index (χ3n) is 3.77. The van der Waals surface area contributed by atoms with Gasteiger partial charge in [-0.3, -0.25) is 4.79 Å². The van der Waals surface area contributed by atoms with Gasteiger partial charge in [-0.25, -0.2) is 0 Å². The molecule has 0 unspecified atom stereocenters. The molecule has 4 nitrogen and oxygen atoms in total. The summed E-state index contributed by atoms with van der Waals surface area (Å²) >= 11 is 6.08. The van der Waals surface area contributed by atoms with E-state index in [1.807, 2.05) is 12.1 Å². The molecule has 1 saturated heterocycles. The van der Waals surface area contributed by atoms with Crippen LogP contribution in [0.2, 0.25) is 5.02 Å². The number of hydrogen-bond acceptors (Lipinski definition) is 3. The summed E-state index contributed by atoms with van der Waals surface area (Å²) in [4.78, 5) is 13.4. The highest BCUT2D eigenvalue weighted by Gasteiger charge is 2.19. The molecule has 1 aliphatic rings. The lowest BCUT2D eigenvalue weighted by Gasteiger charge is -2.33. The number of nitrogens with zero attached hydrogens (tertiary/aromatic N) is 1. The summed E-state index contributed by atoms with van der Waals surface area (Å²) in [6, 6.07) is 5.44. The van der Waals surface area contributed by atoms with Crippen LogP contribution in [-0.4, -0.2) is 25.5 Å². The van der Waals surface area contributed by atoms with E-state index in [-0.39, 0.29) is 0 Å². The lowest BCUT2D eigenvalue weighted by molar-refractivity contribution is 0.100. The molecule has 0 atom stereocenters. The molecule has 1 amide bonds. The second kappa shape index (κ2) is 6.26. The summed E-state index contributed by atoms with van der Waals surface area (Å²) in [5.41, 5.74) is 12.3. The maximum atomic E-state index is 11.1. The van der Waals surface area contributed by atoms with Crippen molar-refractivity contribution in [3.05, 3.63) is 28.8 Å². The fourth-order valence-electron chi connectivity index (χ4n) is 2.62. The Balaban J connectivity index is 2.04. The number of piperidine rings is 1. The molecule has 1 aliphatic heterocycles. The highest BCUT2D eigenvalue weighted by molar-refractivity contribution is 6.34. The minimum absolute atomic E-state index is 0.378. The quantitative estimate of drug-likeness (QED) is 0.887. The maximum Gasteiger partial charge on any atom is 0.250 e. The van der Waals surface area contributed by atoms with Crippen molar-refractivity contribution in [2.45, 2.75) is 19.3 Å². The van der Waals surface area contributed by atoms with Crippen LogP contribution in [-0.2, 0) is 0 Å². The maximum absolute atomic E-state index is 11.1.